The fourth-order valence-electron chi connectivity index (χ4n) is 3.23. The number of alkyl halides is 3. The van der Waals surface area contributed by atoms with Gasteiger partial charge in [-0.15, -0.1) is 0 Å². The van der Waals surface area contributed by atoms with Gasteiger partial charge in [-0.3, -0.25) is 20.4 Å². The number of amides is 2. The molecule has 2 aromatic rings. The minimum atomic E-state index is -4.56. The smallest absolute Gasteiger partial charge is 0.416 e. The second-order valence-electron chi connectivity index (χ2n) is 7.42. The molecule has 1 fully saturated rings. The van der Waals surface area contributed by atoms with Crippen LogP contribution in [0.2, 0.25) is 5.02 Å². The number of rotatable bonds is 6. The fraction of sp³-hybridized carbons (Fsp3) is 0.333. The van der Waals surface area contributed by atoms with E-state index in [1.165, 1.54) is 22.5 Å². The Hall–Kier alpha value is -2.83. The Labute approximate surface area is 199 Å². The predicted octanol–water partition coefficient (Wildman–Crippen LogP) is 3.37. The van der Waals surface area contributed by atoms with Crippen LogP contribution in [0.25, 0.3) is 0 Å². The van der Waals surface area contributed by atoms with Crippen molar-refractivity contribution in [3.8, 4) is 5.75 Å². The average Bonchev–Trinajstić information content (AvgIpc) is 2.81. The largest absolute Gasteiger partial charge is 0.484 e. The number of carbonyl (C=O) groups excluding carboxylic acids is 2. The molecule has 0 radical (unpaired) electrons. The first-order chi connectivity index (χ1) is 16.0. The van der Waals surface area contributed by atoms with E-state index >= 15 is 0 Å². The van der Waals surface area contributed by atoms with Crippen LogP contribution in [0, 0.1) is 0 Å². The molecular weight excluding hydrogens is 499 g/mol. The molecule has 184 valence electrons. The molecule has 2 N–H and O–H groups in total. The summed E-state index contributed by atoms with van der Waals surface area (Å²) in [7, 11) is -3.81. The van der Waals surface area contributed by atoms with Crippen LogP contribution in [0.4, 0.5) is 13.2 Å². The van der Waals surface area contributed by atoms with Gasteiger partial charge in [0.25, 0.3) is 11.8 Å². The maximum Gasteiger partial charge on any atom is 0.416 e. The summed E-state index contributed by atoms with van der Waals surface area (Å²) in [4.78, 5) is 24.3. The molecule has 13 heteroatoms. The maximum atomic E-state index is 12.8. The van der Waals surface area contributed by atoms with Gasteiger partial charge in [0.05, 0.1) is 21.0 Å². The van der Waals surface area contributed by atoms with Gasteiger partial charge in [-0.2, -0.15) is 17.5 Å². The Morgan fingerprint density at radius 3 is 2.41 bits per heavy atom. The van der Waals surface area contributed by atoms with Gasteiger partial charge in [0.2, 0.25) is 10.0 Å². The first kappa shape index (κ1) is 25.8. The third-order valence-electron chi connectivity index (χ3n) is 4.98. The second kappa shape index (κ2) is 10.6. The average molecular weight is 520 g/mol. The molecule has 1 heterocycles. The second-order valence-corrected chi connectivity index (χ2v) is 9.77. The van der Waals surface area contributed by atoms with Gasteiger partial charge < -0.3 is 4.74 Å². The molecule has 0 aliphatic carbocycles. The number of piperidine rings is 1. The lowest BCUT2D eigenvalue weighted by Crippen LogP contribution is -2.44. The van der Waals surface area contributed by atoms with Crippen LogP contribution in [0.5, 0.6) is 5.75 Å². The number of benzene rings is 2. The molecule has 0 saturated carbocycles. The third-order valence-corrected chi connectivity index (χ3v) is 7.21. The summed E-state index contributed by atoms with van der Waals surface area (Å²) in [5.74, 6) is -1.93. The highest BCUT2D eigenvalue weighted by atomic mass is 35.5. The predicted molar refractivity (Wildman–Crippen MR) is 117 cm³/mol. The molecule has 8 nitrogen and oxygen atoms in total. The summed E-state index contributed by atoms with van der Waals surface area (Å²) < 4.78 is 70.3. The Bertz CT molecular complexity index is 1170. The summed E-state index contributed by atoms with van der Waals surface area (Å²) in [6, 6.07) is 7.65. The van der Waals surface area contributed by atoms with Crippen molar-refractivity contribution in [3.05, 3.63) is 58.6 Å². The highest BCUT2D eigenvalue weighted by Crippen LogP contribution is 2.31. The molecule has 0 unspecified atom stereocenters. The molecule has 0 aromatic heterocycles. The van der Waals surface area contributed by atoms with Gasteiger partial charge in [-0.25, -0.2) is 8.42 Å². The lowest BCUT2D eigenvalue weighted by atomic mass is 10.2. The number of hydrogen-bond acceptors (Lipinski definition) is 5. The van der Waals surface area contributed by atoms with E-state index in [0.717, 1.165) is 43.5 Å². The molecule has 1 aliphatic heterocycles. The molecule has 2 aromatic carbocycles. The summed E-state index contributed by atoms with van der Waals surface area (Å²) in [6.07, 6.45) is -2.13. The molecule has 34 heavy (non-hydrogen) atoms. The lowest BCUT2D eigenvalue weighted by molar-refractivity contribution is -0.137. The van der Waals surface area contributed by atoms with Crippen molar-refractivity contribution in [2.45, 2.75) is 30.3 Å². The topological polar surface area (TPSA) is 105 Å². The zero-order chi connectivity index (χ0) is 24.9. The van der Waals surface area contributed by atoms with E-state index in [0.29, 0.717) is 13.1 Å². The quantitative estimate of drug-likeness (QED) is 0.569. The summed E-state index contributed by atoms with van der Waals surface area (Å²) in [5, 5.41) is -0.0374. The van der Waals surface area contributed by atoms with Crippen molar-refractivity contribution in [2.24, 2.45) is 0 Å². The van der Waals surface area contributed by atoms with Crippen LogP contribution in [0.3, 0.4) is 0 Å². The number of halogens is 4. The van der Waals surface area contributed by atoms with Crippen molar-refractivity contribution in [1.82, 2.24) is 15.2 Å². The summed E-state index contributed by atoms with van der Waals surface area (Å²) in [6.45, 7) is 0.0849. The van der Waals surface area contributed by atoms with Crippen molar-refractivity contribution < 1.29 is 35.9 Å². The Balaban J connectivity index is 1.60. The van der Waals surface area contributed by atoms with Crippen LogP contribution in [-0.4, -0.2) is 44.2 Å². The SMILES string of the molecule is O=C(COc1cccc(C(F)(F)F)c1)NNC(=O)c1cc(S(=O)(=O)N2CCCCC2)ccc1Cl. The molecule has 2 amide bonds. The Kier molecular flexibility index (Phi) is 8.05. The monoisotopic (exact) mass is 519 g/mol. The van der Waals surface area contributed by atoms with Crippen LogP contribution < -0.4 is 15.6 Å². The molecule has 1 aliphatic rings. The van der Waals surface area contributed by atoms with E-state index in [-0.39, 0.29) is 21.2 Å². The van der Waals surface area contributed by atoms with Gasteiger partial charge in [0.1, 0.15) is 5.75 Å². The number of sulfonamides is 1. The van der Waals surface area contributed by atoms with Crippen LogP contribution in [0.15, 0.2) is 47.4 Å². The number of hydrogen-bond donors (Lipinski definition) is 2. The zero-order valence-electron chi connectivity index (χ0n) is 17.7. The molecule has 3 rings (SSSR count). The van der Waals surface area contributed by atoms with Gasteiger partial charge in [0, 0.05) is 13.1 Å². The van der Waals surface area contributed by atoms with E-state index in [1.807, 2.05) is 5.43 Å². The van der Waals surface area contributed by atoms with E-state index in [9.17, 15) is 31.2 Å². The molecule has 0 bridgehead atoms. The maximum absolute atomic E-state index is 12.8. The number of nitrogens with zero attached hydrogens (tertiary/aromatic N) is 1. The highest BCUT2D eigenvalue weighted by Gasteiger charge is 2.31. The van der Waals surface area contributed by atoms with Gasteiger partial charge >= 0.3 is 6.18 Å². The number of carbonyl (C=O) groups is 2. The Morgan fingerprint density at radius 1 is 1.03 bits per heavy atom. The van der Waals surface area contributed by atoms with E-state index in [1.54, 1.807) is 0 Å². The van der Waals surface area contributed by atoms with E-state index in [2.05, 4.69) is 5.43 Å². The fourth-order valence-corrected chi connectivity index (χ4v) is 4.98. The number of hydrazine groups is 1. The standard InChI is InChI=1S/C21H21ClF3N3O5S/c22-18-8-7-16(34(31,32)28-9-2-1-3-10-28)12-17(18)20(30)27-26-19(29)13-33-15-6-4-5-14(11-15)21(23,24)25/h4-8,11-12H,1-3,9-10,13H2,(H,26,29)(H,27,30). The lowest BCUT2D eigenvalue weighted by Gasteiger charge is -2.26. The minimum absolute atomic E-state index is 0.0374. The van der Waals surface area contributed by atoms with Crippen molar-refractivity contribution in [2.75, 3.05) is 19.7 Å². The van der Waals surface area contributed by atoms with Crippen molar-refractivity contribution >= 4 is 33.4 Å². The van der Waals surface area contributed by atoms with E-state index in [4.69, 9.17) is 16.3 Å². The van der Waals surface area contributed by atoms with Gasteiger partial charge in [-0.05, 0) is 49.2 Å². The van der Waals surface area contributed by atoms with Crippen molar-refractivity contribution in [3.63, 3.8) is 0 Å². The molecule has 0 spiro atoms. The van der Waals surface area contributed by atoms with Crippen molar-refractivity contribution in [1.29, 1.82) is 0 Å². The molecule has 0 atom stereocenters. The van der Waals surface area contributed by atoms with Gasteiger partial charge in [-0.1, -0.05) is 24.1 Å². The van der Waals surface area contributed by atoms with Crippen LogP contribution in [-0.2, 0) is 21.0 Å². The van der Waals surface area contributed by atoms with Crippen LogP contribution in [0.1, 0.15) is 35.2 Å². The van der Waals surface area contributed by atoms with Crippen LogP contribution >= 0.6 is 11.6 Å². The number of ether oxygens (including phenoxy) is 1. The number of nitrogens with one attached hydrogen (secondary N) is 2. The summed E-state index contributed by atoms with van der Waals surface area (Å²) >= 11 is 6.04. The molecular formula is C21H21ClF3N3O5S. The first-order valence-electron chi connectivity index (χ1n) is 10.2. The normalized spacial score (nSPS) is 14.9. The highest BCUT2D eigenvalue weighted by molar-refractivity contribution is 7.89. The van der Waals surface area contributed by atoms with Gasteiger partial charge in [0.15, 0.2) is 6.61 Å². The summed E-state index contributed by atoms with van der Waals surface area (Å²) in [5.41, 5.74) is 3.00. The first-order valence-corrected chi connectivity index (χ1v) is 12.0. The minimum Gasteiger partial charge on any atom is -0.484 e. The third kappa shape index (κ3) is 6.39. The zero-order valence-corrected chi connectivity index (χ0v) is 19.3. The Morgan fingerprint density at radius 2 is 1.74 bits per heavy atom. The molecule has 1 saturated heterocycles. The van der Waals surface area contributed by atoms with E-state index < -0.39 is 40.2 Å².